The van der Waals surface area contributed by atoms with Crippen molar-refractivity contribution in [3.8, 4) is 0 Å². The number of nitrogen functional groups attached to an aromatic ring is 1. The molecule has 10 heteroatoms. The summed E-state index contributed by atoms with van der Waals surface area (Å²) in [7, 11) is 0. The number of rotatable bonds is 9. The molecule has 1 aromatic carbocycles. The zero-order valence-electron chi connectivity index (χ0n) is 22.8. The van der Waals surface area contributed by atoms with E-state index in [-0.39, 0.29) is 17.7 Å². The Morgan fingerprint density at radius 1 is 1.15 bits per heavy atom. The van der Waals surface area contributed by atoms with Gasteiger partial charge in [0.15, 0.2) is 5.82 Å². The van der Waals surface area contributed by atoms with Gasteiger partial charge in [0.25, 0.3) is 11.8 Å². The van der Waals surface area contributed by atoms with Crippen LogP contribution in [-0.2, 0) is 27.5 Å². The van der Waals surface area contributed by atoms with Crippen LogP contribution in [0.3, 0.4) is 0 Å². The highest BCUT2D eigenvalue weighted by atomic mass is 16.3. The highest BCUT2D eigenvalue weighted by Crippen LogP contribution is 2.38. The maximum atomic E-state index is 12.7. The van der Waals surface area contributed by atoms with Crippen LogP contribution in [0, 0.1) is 5.92 Å². The molecule has 2 aromatic heterocycles. The number of carbonyl (C=O) groups is 3. The van der Waals surface area contributed by atoms with Crippen molar-refractivity contribution >= 4 is 45.9 Å². The summed E-state index contributed by atoms with van der Waals surface area (Å²) in [6.07, 6.45) is 6.38. The quantitative estimate of drug-likeness (QED) is 0.317. The number of imidazole rings is 1. The van der Waals surface area contributed by atoms with E-state index in [0.717, 1.165) is 35.5 Å². The number of anilines is 1. The predicted octanol–water partition coefficient (Wildman–Crippen LogP) is 2.81. The Morgan fingerprint density at radius 3 is 2.44 bits per heavy atom. The molecule has 3 aromatic rings. The highest BCUT2D eigenvalue weighted by molar-refractivity contribution is 6.12. The fourth-order valence-corrected chi connectivity index (χ4v) is 6.08. The first-order valence-electron chi connectivity index (χ1n) is 13.6. The Balaban J connectivity index is 1.45. The van der Waals surface area contributed by atoms with Crippen molar-refractivity contribution in [2.24, 2.45) is 5.92 Å². The monoisotopic (exact) mass is 532 g/mol. The van der Waals surface area contributed by atoms with Gasteiger partial charge in [-0.1, -0.05) is 25.1 Å². The summed E-state index contributed by atoms with van der Waals surface area (Å²) in [6, 6.07) is 7.74. The van der Waals surface area contributed by atoms with Crippen LogP contribution in [0.2, 0.25) is 0 Å². The third-order valence-corrected chi connectivity index (χ3v) is 8.11. The number of benzene rings is 1. The van der Waals surface area contributed by atoms with E-state index in [2.05, 4.69) is 9.88 Å². The second-order valence-corrected chi connectivity index (χ2v) is 11.4. The number of pyridine rings is 1. The minimum Gasteiger partial charge on any atom is -0.389 e. The number of aliphatic hydroxyl groups is 1. The van der Waals surface area contributed by atoms with E-state index in [1.165, 1.54) is 17.1 Å². The average molecular weight is 533 g/mol. The molecule has 206 valence electrons. The number of amides is 2. The second kappa shape index (κ2) is 10.2. The number of para-hydroxylation sites is 1. The van der Waals surface area contributed by atoms with E-state index in [1.807, 2.05) is 35.8 Å². The average Bonchev–Trinajstić information content (AvgIpc) is 3.42. The van der Waals surface area contributed by atoms with E-state index in [0.29, 0.717) is 56.2 Å². The third kappa shape index (κ3) is 5.06. The molecule has 0 bridgehead atoms. The Morgan fingerprint density at radius 2 is 1.82 bits per heavy atom. The van der Waals surface area contributed by atoms with Gasteiger partial charge in [-0.05, 0) is 58.1 Å². The first-order chi connectivity index (χ1) is 18.5. The number of nitrogens with zero attached hydrogens (tertiary/aromatic N) is 5. The van der Waals surface area contributed by atoms with Gasteiger partial charge in [-0.25, -0.2) is 9.97 Å². The summed E-state index contributed by atoms with van der Waals surface area (Å²) in [5.41, 5.74) is 6.81. The molecule has 1 aliphatic carbocycles. The van der Waals surface area contributed by atoms with Crippen molar-refractivity contribution in [2.75, 3.05) is 18.8 Å². The van der Waals surface area contributed by atoms with Crippen molar-refractivity contribution in [1.29, 1.82) is 0 Å². The van der Waals surface area contributed by atoms with Crippen molar-refractivity contribution < 1.29 is 19.5 Å². The predicted molar refractivity (Wildman–Crippen MR) is 148 cm³/mol. The van der Waals surface area contributed by atoms with E-state index < -0.39 is 11.1 Å². The lowest BCUT2D eigenvalue weighted by atomic mass is 9.76. The van der Waals surface area contributed by atoms with E-state index >= 15 is 0 Å². The minimum absolute atomic E-state index is 0.154. The molecule has 2 amide bonds. The highest BCUT2D eigenvalue weighted by Gasteiger charge is 2.41. The van der Waals surface area contributed by atoms with Gasteiger partial charge in [-0.2, -0.15) is 0 Å². The maximum absolute atomic E-state index is 12.7. The third-order valence-electron chi connectivity index (χ3n) is 8.11. The molecular weight excluding hydrogens is 496 g/mol. The van der Waals surface area contributed by atoms with Gasteiger partial charge in [0, 0.05) is 24.1 Å². The lowest BCUT2D eigenvalue weighted by Crippen LogP contribution is -2.53. The minimum atomic E-state index is -1.02. The summed E-state index contributed by atoms with van der Waals surface area (Å²) < 4.78 is 2.01. The summed E-state index contributed by atoms with van der Waals surface area (Å²) in [6.45, 7) is 7.23. The second-order valence-electron chi connectivity index (χ2n) is 11.4. The van der Waals surface area contributed by atoms with Crippen LogP contribution in [-0.4, -0.2) is 71.8 Å². The molecule has 1 aliphatic heterocycles. The van der Waals surface area contributed by atoms with Crippen LogP contribution in [0.4, 0.5) is 5.82 Å². The van der Waals surface area contributed by atoms with Gasteiger partial charge in [0.05, 0.1) is 35.3 Å². The molecule has 0 atom stereocenters. The summed E-state index contributed by atoms with van der Waals surface area (Å²) in [5.74, 6) is 0.653. The molecule has 0 radical (unpaired) electrons. The van der Waals surface area contributed by atoms with Crippen molar-refractivity contribution in [2.45, 2.75) is 70.7 Å². The van der Waals surface area contributed by atoms with Crippen LogP contribution in [0.1, 0.15) is 52.3 Å². The van der Waals surface area contributed by atoms with E-state index in [9.17, 15) is 19.5 Å². The number of imide groups is 1. The van der Waals surface area contributed by atoms with Gasteiger partial charge in [0.1, 0.15) is 17.6 Å². The molecule has 5 rings (SSSR count). The molecule has 3 N–H and O–H groups in total. The normalized spacial score (nSPS) is 22.1. The van der Waals surface area contributed by atoms with Crippen LogP contribution in [0.5, 0.6) is 0 Å². The fraction of sp³-hybridized carbons (Fsp3) is 0.483. The van der Waals surface area contributed by atoms with E-state index in [4.69, 9.17) is 10.7 Å². The summed E-state index contributed by atoms with van der Waals surface area (Å²) >= 11 is 0. The molecule has 1 fully saturated rings. The van der Waals surface area contributed by atoms with Gasteiger partial charge < -0.3 is 20.2 Å². The van der Waals surface area contributed by atoms with E-state index in [1.54, 1.807) is 13.8 Å². The Kier molecular flexibility index (Phi) is 7.02. The van der Waals surface area contributed by atoms with Gasteiger partial charge in [-0.15, -0.1) is 0 Å². The SMILES string of the molecule is CCN(Cc1nc2c(N)nc3ccccc3c2n1CC(C)(C)O)C1(C=O)CCC(CN2C(=O)C=CC2=O)CC1. The molecular formula is C29H36N6O4. The largest absolute Gasteiger partial charge is 0.389 e. The zero-order chi connectivity index (χ0) is 27.9. The Bertz CT molecular complexity index is 1440. The number of hydrogen-bond acceptors (Lipinski definition) is 8. The zero-order valence-corrected chi connectivity index (χ0v) is 22.8. The maximum Gasteiger partial charge on any atom is 0.253 e. The van der Waals surface area contributed by atoms with Crippen LogP contribution < -0.4 is 5.73 Å². The number of likely N-dealkylation sites (N-methyl/N-ethyl adjacent to an activating group) is 1. The van der Waals surface area contributed by atoms with Crippen molar-refractivity contribution in [3.63, 3.8) is 0 Å². The lowest BCUT2D eigenvalue weighted by molar-refractivity contribution is -0.138. The Hall–Kier alpha value is -3.63. The number of nitrogens with two attached hydrogens (primary N) is 1. The molecule has 3 heterocycles. The number of aldehydes is 1. The van der Waals surface area contributed by atoms with Gasteiger partial charge >= 0.3 is 0 Å². The smallest absolute Gasteiger partial charge is 0.253 e. The van der Waals surface area contributed by atoms with Gasteiger partial charge in [-0.3, -0.25) is 19.4 Å². The van der Waals surface area contributed by atoms with Crippen LogP contribution in [0.25, 0.3) is 21.9 Å². The number of aromatic nitrogens is 3. The Labute approximate surface area is 227 Å². The topological polar surface area (TPSA) is 135 Å². The standard InChI is InChI=1S/C29H36N6O4/c1-4-33(29(18-36)13-11-19(12-14-29)15-34-23(37)9-10-24(34)38)16-22-32-25-26(35(22)17-28(2,3)39)20-7-5-6-8-21(20)31-27(25)30/h5-10,18-19,39H,4,11-17H2,1-3H3,(H2,30,31). The fourth-order valence-electron chi connectivity index (χ4n) is 6.08. The first kappa shape index (κ1) is 27.0. The summed E-state index contributed by atoms with van der Waals surface area (Å²) in [5, 5.41) is 11.7. The molecule has 0 spiro atoms. The van der Waals surface area contributed by atoms with Crippen LogP contribution in [0.15, 0.2) is 36.4 Å². The molecule has 0 saturated heterocycles. The lowest BCUT2D eigenvalue weighted by Gasteiger charge is -2.44. The molecule has 2 aliphatic rings. The number of carbonyl (C=O) groups excluding carboxylic acids is 3. The number of fused-ring (bicyclic) bond motifs is 3. The molecule has 1 saturated carbocycles. The van der Waals surface area contributed by atoms with Crippen molar-refractivity contribution in [3.05, 3.63) is 42.2 Å². The molecule has 0 unspecified atom stereocenters. The molecule has 10 nitrogen and oxygen atoms in total. The van der Waals surface area contributed by atoms with Gasteiger partial charge in [0.2, 0.25) is 0 Å². The number of hydrogen-bond donors (Lipinski definition) is 2. The molecule has 39 heavy (non-hydrogen) atoms. The van der Waals surface area contributed by atoms with Crippen molar-refractivity contribution in [1.82, 2.24) is 24.3 Å². The van der Waals surface area contributed by atoms with Crippen LogP contribution >= 0.6 is 0 Å². The summed E-state index contributed by atoms with van der Waals surface area (Å²) in [4.78, 5) is 49.6. The first-order valence-corrected chi connectivity index (χ1v) is 13.6.